The average Bonchev–Trinajstić information content (AvgIpc) is 2.34. The van der Waals surface area contributed by atoms with E-state index in [0.29, 0.717) is 0 Å². The third-order valence-corrected chi connectivity index (χ3v) is 4.25. The Hall–Kier alpha value is -1.15. The molecule has 1 saturated carbocycles. The fraction of sp³-hybridized carbons (Fsp3) is 0.833. The Morgan fingerprint density at radius 1 is 1.15 bits per heavy atom. The van der Waals surface area contributed by atoms with E-state index >= 15 is 0 Å². The minimum absolute atomic E-state index is 0.0286. The van der Waals surface area contributed by atoms with E-state index in [9.17, 15) is 28.2 Å². The SMILES string of the molecule is CS(=O)(=O)OCC(CC1CCCCC1)(C(=O)O)C(=O)O. The van der Waals surface area contributed by atoms with E-state index in [1.54, 1.807) is 0 Å². The summed E-state index contributed by atoms with van der Waals surface area (Å²) >= 11 is 0. The lowest BCUT2D eigenvalue weighted by atomic mass is 9.74. The second-order valence-corrected chi connectivity index (χ2v) is 7.01. The van der Waals surface area contributed by atoms with Crippen LogP contribution in [0.4, 0.5) is 0 Å². The number of rotatable bonds is 7. The molecule has 7 nitrogen and oxygen atoms in total. The molecule has 0 bridgehead atoms. The van der Waals surface area contributed by atoms with E-state index in [1.807, 2.05) is 0 Å². The van der Waals surface area contributed by atoms with Gasteiger partial charge >= 0.3 is 11.9 Å². The third kappa shape index (κ3) is 4.45. The molecule has 8 heteroatoms. The molecule has 0 heterocycles. The summed E-state index contributed by atoms with van der Waals surface area (Å²) in [5.74, 6) is -3.14. The fourth-order valence-electron chi connectivity index (χ4n) is 2.54. The van der Waals surface area contributed by atoms with Crippen molar-refractivity contribution >= 4 is 22.1 Å². The summed E-state index contributed by atoms with van der Waals surface area (Å²) in [5.41, 5.74) is -2.20. The lowest BCUT2D eigenvalue weighted by molar-refractivity contribution is -0.168. The normalized spacial score (nSPS) is 17.9. The molecule has 0 aromatic carbocycles. The predicted molar refractivity (Wildman–Crippen MR) is 69.7 cm³/mol. The Bertz CT molecular complexity index is 448. The number of carbonyl (C=O) groups is 2. The molecule has 20 heavy (non-hydrogen) atoms. The maximum atomic E-state index is 11.4. The molecule has 2 N–H and O–H groups in total. The van der Waals surface area contributed by atoms with Gasteiger partial charge in [-0.15, -0.1) is 0 Å². The standard InChI is InChI=1S/C12H20O7S/c1-20(17,18)19-8-12(10(13)14,11(15)16)7-9-5-3-2-4-6-9/h9H,2-8H2,1H3,(H,13,14)(H,15,16). The fourth-order valence-corrected chi connectivity index (χ4v) is 2.96. The molecule has 0 spiro atoms. The first-order valence-electron chi connectivity index (χ1n) is 6.48. The lowest BCUT2D eigenvalue weighted by Crippen LogP contribution is -2.45. The summed E-state index contributed by atoms with van der Waals surface area (Å²) < 4.78 is 26.5. The van der Waals surface area contributed by atoms with Crippen molar-refractivity contribution < 1.29 is 32.4 Å². The lowest BCUT2D eigenvalue weighted by Gasteiger charge is -2.30. The first kappa shape index (κ1) is 16.9. The molecule has 0 aromatic rings. The summed E-state index contributed by atoms with van der Waals surface area (Å²) in [4.78, 5) is 22.8. The number of carboxylic acids is 2. The molecule has 0 aromatic heterocycles. The molecule has 0 radical (unpaired) electrons. The van der Waals surface area contributed by atoms with Gasteiger partial charge in [0.15, 0.2) is 5.41 Å². The van der Waals surface area contributed by atoms with Gasteiger partial charge in [-0.05, 0) is 12.3 Å². The number of carboxylic acid groups (broad SMARTS) is 2. The van der Waals surface area contributed by atoms with Crippen LogP contribution in [0, 0.1) is 11.3 Å². The number of hydrogen-bond donors (Lipinski definition) is 2. The minimum Gasteiger partial charge on any atom is -0.480 e. The molecule has 0 aliphatic heterocycles. The minimum atomic E-state index is -3.89. The van der Waals surface area contributed by atoms with Crippen LogP contribution in [0.15, 0.2) is 0 Å². The van der Waals surface area contributed by atoms with Gasteiger partial charge in [-0.2, -0.15) is 8.42 Å². The maximum absolute atomic E-state index is 11.4. The van der Waals surface area contributed by atoms with Gasteiger partial charge in [0.05, 0.1) is 12.9 Å². The highest BCUT2D eigenvalue weighted by Crippen LogP contribution is 2.36. The van der Waals surface area contributed by atoms with Gasteiger partial charge < -0.3 is 10.2 Å². The van der Waals surface area contributed by atoms with Crippen molar-refractivity contribution in [2.75, 3.05) is 12.9 Å². The van der Waals surface area contributed by atoms with Crippen LogP contribution in [0.2, 0.25) is 0 Å². The topological polar surface area (TPSA) is 118 Å². The molecular weight excluding hydrogens is 288 g/mol. The summed E-state index contributed by atoms with van der Waals surface area (Å²) in [6.07, 6.45) is 5.13. The quantitative estimate of drug-likeness (QED) is 0.534. The van der Waals surface area contributed by atoms with E-state index in [2.05, 4.69) is 4.18 Å². The highest BCUT2D eigenvalue weighted by Gasteiger charge is 2.49. The largest absolute Gasteiger partial charge is 0.480 e. The zero-order valence-electron chi connectivity index (χ0n) is 11.4. The van der Waals surface area contributed by atoms with Crippen LogP contribution in [-0.4, -0.2) is 43.4 Å². The highest BCUT2D eigenvalue weighted by molar-refractivity contribution is 7.85. The number of aliphatic carboxylic acids is 2. The Balaban J connectivity index is 2.92. The van der Waals surface area contributed by atoms with Crippen molar-refractivity contribution in [3.63, 3.8) is 0 Å². The summed E-state index contributed by atoms with van der Waals surface area (Å²) in [6.45, 7) is -0.868. The van der Waals surface area contributed by atoms with Crippen LogP contribution in [0.3, 0.4) is 0 Å². The highest BCUT2D eigenvalue weighted by atomic mass is 32.2. The smallest absolute Gasteiger partial charge is 0.323 e. The zero-order valence-corrected chi connectivity index (χ0v) is 12.2. The van der Waals surface area contributed by atoms with Gasteiger partial charge in [0.2, 0.25) is 0 Å². The van der Waals surface area contributed by atoms with Gasteiger partial charge in [0.1, 0.15) is 0 Å². The summed E-state index contributed by atoms with van der Waals surface area (Å²) in [6, 6.07) is 0. The Morgan fingerprint density at radius 2 is 1.65 bits per heavy atom. The van der Waals surface area contributed by atoms with Crippen molar-refractivity contribution in [1.82, 2.24) is 0 Å². The van der Waals surface area contributed by atoms with Crippen LogP contribution in [0.5, 0.6) is 0 Å². The van der Waals surface area contributed by atoms with Crippen molar-refractivity contribution in [2.45, 2.75) is 38.5 Å². The first-order chi connectivity index (χ1) is 9.17. The average molecular weight is 308 g/mol. The molecule has 1 rings (SSSR count). The molecule has 1 aliphatic rings. The number of hydrogen-bond acceptors (Lipinski definition) is 5. The molecule has 0 unspecified atom stereocenters. The van der Waals surface area contributed by atoms with Crippen LogP contribution < -0.4 is 0 Å². The first-order valence-corrected chi connectivity index (χ1v) is 8.30. The second kappa shape index (κ2) is 6.53. The third-order valence-electron chi connectivity index (χ3n) is 3.70. The van der Waals surface area contributed by atoms with E-state index < -0.39 is 34.1 Å². The Kier molecular flexibility index (Phi) is 5.52. The van der Waals surface area contributed by atoms with Crippen LogP contribution in [-0.2, 0) is 23.9 Å². The summed E-state index contributed by atoms with van der Waals surface area (Å²) in [7, 11) is -3.89. The van der Waals surface area contributed by atoms with Gasteiger partial charge in [-0.3, -0.25) is 13.8 Å². The van der Waals surface area contributed by atoms with Crippen LogP contribution in [0.1, 0.15) is 38.5 Å². The van der Waals surface area contributed by atoms with Crippen molar-refractivity contribution in [3.05, 3.63) is 0 Å². The molecular formula is C12H20O7S. The van der Waals surface area contributed by atoms with Crippen LogP contribution >= 0.6 is 0 Å². The monoisotopic (exact) mass is 308 g/mol. The van der Waals surface area contributed by atoms with Gasteiger partial charge in [0.25, 0.3) is 10.1 Å². The van der Waals surface area contributed by atoms with Gasteiger partial charge in [0, 0.05) is 0 Å². The Labute approximate surface area is 118 Å². The van der Waals surface area contributed by atoms with Crippen molar-refractivity contribution in [1.29, 1.82) is 0 Å². The van der Waals surface area contributed by atoms with Crippen molar-refractivity contribution in [3.8, 4) is 0 Å². The maximum Gasteiger partial charge on any atom is 0.323 e. The van der Waals surface area contributed by atoms with E-state index in [1.165, 1.54) is 0 Å². The molecule has 0 saturated heterocycles. The molecule has 1 fully saturated rings. The van der Waals surface area contributed by atoms with Gasteiger partial charge in [-0.25, -0.2) is 0 Å². The van der Waals surface area contributed by atoms with Crippen molar-refractivity contribution in [2.24, 2.45) is 11.3 Å². The second-order valence-electron chi connectivity index (χ2n) is 5.37. The zero-order chi connectivity index (χ0) is 15.4. The molecule has 116 valence electrons. The molecule has 0 amide bonds. The van der Waals surface area contributed by atoms with E-state index in [4.69, 9.17) is 0 Å². The van der Waals surface area contributed by atoms with E-state index in [0.717, 1.165) is 38.4 Å². The molecule has 0 atom stereocenters. The Morgan fingerprint density at radius 3 is 2.05 bits per heavy atom. The van der Waals surface area contributed by atoms with Crippen LogP contribution in [0.25, 0.3) is 0 Å². The molecule has 1 aliphatic carbocycles. The predicted octanol–water partition coefficient (Wildman–Crippen LogP) is 1.09. The summed E-state index contributed by atoms with van der Waals surface area (Å²) in [5, 5.41) is 18.5. The van der Waals surface area contributed by atoms with Gasteiger partial charge in [-0.1, -0.05) is 32.1 Å². The van der Waals surface area contributed by atoms with E-state index in [-0.39, 0.29) is 12.3 Å².